The Balaban J connectivity index is 1.14. The fourth-order valence-electron chi connectivity index (χ4n) is 10.1. The Hall–Kier alpha value is -7.48. The number of hydrogen-bond donors (Lipinski definition) is 0. The minimum absolute atomic E-state index is 1.16. The number of fused-ring (bicyclic) bond motifs is 10. The van der Waals surface area contributed by atoms with Gasteiger partial charge in [-0.3, -0.25) is 0 Å². The Morgan fingerprint density at radius 2 is 0.632 bits per heavy atom. The van der Waals surface area contributed by atoms with Crippen molar-refractivity contribution >= 4 is 97.2 Å². The Morgan fingerprint density at radius 3 is 1.12 bits per heavy atom. The molecule has 0 saturated carbocycles. The van der Waals surface area contributed by atoms with E-state index in [1.54, 1.807) is 0 Å². The summed E-state index contributed by atoms with van der Waals surface area (Å²) in [5, 5.41) is 20.5. The topological polar surface area (TPSA) is 4.93 Å². The number of para-hydroxylation sites is 1. The van der Waals surface area contributed by atoms with E-state index in [9.17, 15) is 0 Å². The van der Waals surface area contributed by atoms with Crippen LogP contribution in [0.2, 0.25) is 0 Å². The van der Waals surface area contributed by atoms with Crippen LogP contribution in [-0.4, -0.2) is 4.57 Å². The quantitative estimate of drug-likeness (QED) is 0.160. The van der Waals surface area contributed by atoms with Gasteiger partial charge in [-0.1, -0.05) is 152 Å². The van der Waals surface area contributed by atoms with Crippen molar-refractivity contribution in [1.29, 1.82) is 0 Å². The molecule has 13 rings (SSSR count). The molecule has 1 nitrogen and oxygen atoms in total. The maximum atomic E-state index is 2.51. The van der Waals surface area contributed by atoms with Crippen LogP contribution in [0.4, 0.5) is 0 Å². The Kier molecular flexibility index (Phi) is 6.23. The van der Waals surface area contributed by atoms with Gasteiger partial charge in [-0.2, -0.15) is 0 Å². The van der Waals surface area contributed by atoms with Crippen LogP contribution >= 0.6 is 0 Å². The van der Waals surface area contributed by atoms with Crippen LogP contribution in [0, 0.1) is 0 Å². The van der Waals surface area contributed by atoms with Crippen molar-refractivity contribution in [2.24, 2.45) is 0 Å². The highest BCUT2D eigenvalue weighted by Crippen LogP contribution is 2.46. The first-order valence-corrected chi connectivity index (χ1v) is 19.8. The van der Waals surface area contributed by atoms with Crippen molar-refractivity contribution in [1.82, 2.24) is 4.57 Å². The number of benzene rings is 12. The molecule has 0 bridgehead atoms. The highest BCUT2D eigenvalue weighted by atomic mass is 15.0. The number of rotatable bonds is 3. The first kappa shape index (κ1) is 30.8. The van der Waals surface area contributed by atoms with E-state index in [0.29, 0.717) is 0 Å². The molecule has 0 saturated heterocycles. The van der Waals surface area contributed by atoms with E-state index in [0.717, 1.165) is 5.69 Å². The monoisotopic (exact) mass is 719 g/mol. The predicted octanol–water partition coefficient (Wildman–Crippen LogP) is 15.6. The van der Waals surface area contributed by atoms with Gasteiger partial charge in [0.2, 0.25) is 0 Å². The van der Waals surface area contributed by atoms with E-state index in [2.05, 4.69) is 205 Å². The van der Waals surface area contributed by atoms with Gasteiger partial charge in [-0.05, 0) is 146 Å². The second kappa shape index (κ2) is 11.5. The van der Waals surface area contributed by atoms with Crippen molar-refractivity contribution in [2.75, 3.05) is 0 Å². The average molecular weight is 720 g/mol. The third kappa shape index (κ3) is 4.34. The van der Waals surface area contributed by atoms with E-state index >= 15 is 0 Å². The molecule has 12 aromatic carbocycles. The van der Waals surface area contributed by atoms with Gasteiger partial charge in [-0.15, -0.1) is 0 Å². The highest BCUT2D eigenvalue weighted by molar-refractivity contribution is 6.28. The molecule has 0 aliphatic heterocycles. The average Bonchev–Trinajstić information content (AvgIpc) is 3.62. The number of aromatic nitrogens is 1. The van der Waals surface area contributed by atoms with Gasteiger partial charge >= 0.3 is 0 Å². The van der Waals surface area contributed by atoms with Crippen LogP contribution in [0.3, 0.4) is 0 Å². The Labute approximate surface area is 328 Å². The molecule has 0 amide bonds. The first-order valence-electron chi connectivity index (χ1n) is 19.8. The lowest BCUT2D eigenvalue weighted by Gasteiger charge is -2.15. The first-order chi connectivity index (χ1) is 28.3. The summed E-state index contributed by atoms with van der Waals surface area (Å²) >= 11 is 0. The molecule has 1 aromatic heterocycles. The summed E-state index contributed by atoms with van der Waals surface area (Å²) in [5.74, 6) is 0. The fraction of sp³-hybridized carbons (Fsp3) is 0. The van der Waals surface area contributed by atoms with E-state index in [4.69, 9.17) is 0 Å². The fourth-order valence-corrected chi connectivity index (χ4v) is 10.1. The minimum Gasteiger partial charge on any atom is -0.309 e. The lowest BCUT2D eigenvalue weighted by atomic mass is 9.89. The Bertz CT molecular complexity index is 3560. The van der Waals surface area contributed by atoms with Gasteiger partial charge in [-0.25, -0.2) is 0 Å². The van der Waals surface area contributed by atoms with Gasteiger partial charge in [0.05, 0.1) is 11.0 Å². The number of hydrogen-bond acceptors (Lipinski definition) is 0. The van der Waals surface area contributed by atoms with E-state index in [-0.39, 0.29) is 0 Å². The van der Waals surface area contributed by atoms with Crippen LogP contribution in [-0.2, 0) is 0 Å². The maximum Gasteiger partial charge on any atom is 0.0553 e. The molecule has 0 N–H and O–H groups in total. The summed E-state index contributed by atoms with van der Waals surface area (Å²) in [6.45, 7) is 0. The molecule has 262 valence electrons. The van der Waals surface area contributed by atoms with Crippen LogP contribution in [0.5, 0.6) is 0 Å². The molecular formula is C56H33N. The third-order valence-electron chi connectivity index (χ3n) is 12.6. The molecule has 13 aromatic rings. The molecule has 0 atom stereocenters. The predicted molar refractivity (Wildman–Crippen MR) is 245 cm³/mol. The minimum atomic E-state index is 1.16. The second-order valence-electron chi connectivity index (χ2n) is 15.6. The molecular weight excluding hydrogens is 687 g/mol. The van der Waals surface area contributed by atoms with Crippen molar-refractivity contribution in [2.45, 2.75) is 0 Å². The molecule has 1 heteroatoms. The van der Waals surface area contributed by atoms with Gasteiger partial charge in [0.15, 0.2) is 0 Å². The van der Waals surface area contributed by atoms with Gasteiger partial charge < -0.3 is 4.57 Å². The van der Waals surface area contributed by atoms with Gasteiger partial charge in [0, 0.05) is 16.5 Å². The summed E-state index contributed by atoms with van der Waals surface area (Å²) in [6, 6.07) is 74.7. The third-order valence-corrected chi connectivity index (χ3v) is 12.6. The zero-order chi connectivity index (χ0) is 37.2. The van der Waals surface area contributed by atoms with E-state index < -0.39 is 0 Å². The largest absolute Gasteiger partial charge is 0.309 e. The molecule has 0 aliphatic carbocycles. The van der Waals surface area contributed by atoms with Gasteiger partial charge in [0.1, 0.15) is 0 Å². The van der Waals surface area contributed by atoms with Crippen LogP contribution in [0.1, 0.15) is 0 Å². The standard InChI is InChI=1S/C56H33N/c1-2-14-40(15-3-1)57-53-30-38(49-32-51-41-16-6-4-12-34(41)24-26-47(51)43-18-8-10-20-45(43)49)28-36-22-23-37-29-39(31-54(57)56(37)55(36)53)50-33-52-42-17-7-5-13-35(42)25-27-48(52)44-19-9-11-21-46(44)50/h1-33H. The van der Waals surface area contributed by atoms with Crippen molar-refractivity contribution in [3.05, 3.63) is 200 Å². The van der Waals surface area contributed by atoms with E-state index in [1.807, 2.05) is 0 Å². The van der Waals surface area contributed by atoms with E-state index in [1.165, 1.54) is 119 Å². The molecule has 0 unspecified atom stereocenters. The molecule has 0 aliphatic rings. The SMILES string of the molecule is c1ccc(-n2c3cc(-c4cc5c6ccccc6ccc5c5ccccc45)cc4ccc5cc(-c6cc7c8ccccc8ccc7c7ccccc67)cc2c5c43)cc1. The van der Waals surface area contributed by atoms with Crippen LogP contribution in [0.25, 0.3) is 125 Å². The summed E-state index contributed by atoms with van der Waals surface area (Å²) in [7, 11) is 0. The van der Waals surface area contributed by atoms with Crippen LogP contribution in [0.15, 0.2) is 200 Å². The van der Waals surface area contributed by atoms with Crippen molar-refractivity contribution < 1.29 is 0 Å². The zero-order valence-corrected chi connectivity index (χ0v) is 31.0. The lowest BCUT2D eigenvalue weighted by molar-refractivity contribution is 1.18. The summed E-state index contributed by atoms with van der Waals surface area (Å²) < 4.78 is 2.51. The van der Waals surface area contributed by atoms with Crippen molar-refractivity contribution in [3.8, 4) is 27.9 Å². The smallest absolute Gasteiger partial charge is 0.0553 e. The Morgan fingerprint density at radius 1 is 0.246 bits per heavy atom. The summed E-state index contributed by atoms with van der Waals surface area (Å²) in [5.41, 5.74) is 8.58. The van der Waals surface area contributed by atoms with Gasteiger partial charge in [0.25, 0.3) is 0 Å². The second-order valence-corrected chi connectivity index (χ2v) is 15.6. The molecule has 57 heavy (non-hydrogen) atoms. The zero-order valence-electron chi connectivity index (χ0n) is 31.0. The summed E-state index contributed by atoms with van der Waals surface area (Å²) in [4.78, 5) is 0. The molecule has 0 spiro atoms. The normalized spacial score (nSPS) is 12.2. The number of nitrogens with zero attached hydrogens (tertiary/aromatic N) is 1. The highest BCUT2D eigenvalue weighted by Gasteiger charge is 2.21. The molecule has 0 fully saturated rings. The lowest BCUT2D eigenvalue weighted by Crippen LogP contribution is -1.94. The molecule has 1 heterocycles. The van der Waals surface area contributed by atoms with Crippen molar-refractivity contribution in [3.63, 3.8) is 0 Å². The van der Waals surface area contributed by atoms with Crippen LogP contribution < -0.4 is 0 Å². The summed E-state index contributed by atoms with van der Waals surface area (Å²) in [6.07, 6.45) is 0. The maximum absolute atomic E-state index is 2.51. The molecule has 0 radical (unpaired) electrons.